The minimum atomic E-state index is -3.89. The fraction of sp³-hybridized carbons (Fsp3) is 0.444. The van der Waals surface area contributed by atoms with E-state index in [0.717, 1.165) is 50.2 Å². The number of imide groups is 1. The van der Waals surface area contributed by atoms with Gasteiger partial charge in [0.25, 0.3) is 5.91 Å². The summed E-state index contributed by atoms with van der Waals surface area (Å²) in [4.78, 5) is 38.3. The van der Waals surface area contributed by atoms with Gasteiger partial charge in [-0.3, -0.25) is 24.6 Å². The van der Waals surface area contributed by atoms with E-state index >= 15 is 4.39 Å². The van der Waals surface area contributed by atoms with E-state index in [1.807, 2.05) is 0 Å². The Balaban J connectivity index is 1.60. The summed E-state index contributed by atoms with van der Waals surface area (Å²) in [6.45, 7) is -15.8. The van der Waals surface area contributed by atoms with Gasteiger partial charge in [0, 0.05) is 61.8 Å². The molecule has 3 unspecified atom stereocenters. The lowest BCUT2D eigenvalue weighted by atomic mass is 10.0. The van der Waals surface area contributed by atoms with Crippen molar-refractivity contribution in [3.63, 3.8) is 0 Å². The van der Waals surface area contributed by atoms with Gasteiger partial charge in [-0.15, -0.1) is 0 Å². The van der Waals surface area contributed by atoms with Crippen LogP contribution in [-0.4, -0.2) is 58.7 Å². The average molecular weight is 513 g/mol. The highest BCUT2D eigenvalue weighted by Gasteiger charge is 2.40. The normalized spacial score (nSPS) is 45.5. The molecular formula is C27H30FN3O5. The highest BCUT2D eigenvalue weighted by atomic mass is 19.1. The van der Waals surface area contributed by atoms with Crippen molar-refractivity contribution in [1.82, 2.24) is 15.1 Å². The minimum absolute atomic E-state index is 0.208. The van der Waals surface area contributed by atoms with Crippen LogP contribution in [0.25, 0.3) is 0 Å². The quantitative estimate of drug-likeness (QED) is 0.599. The molecule has 190 valence electrons. The van der Waals surface area contributed by atoms with Gasteiger partial charge in [-0.2, -0.15) is 0 Å². The third-order valence-corrected chi connectivity index (χ3v) is 4.99. The zero-order chi connectivity index (χ0) is 40.7. The van der Waals surface area contributed by atoms with Gasteiger partial charge >= 0.3 is 0 Å². The molecule has 3 heterocycles. The minimum Gasteiger partial charge on any atom is -0.488 e. The molecule has 0 aromatic heterocycles. The molecule has 0 radical (unpaired) electrons. The first kappa shape index (κ1) is 11.4. The van der Waals surface area contributed by atoms with Crippen molar-refractivity contribution in [2.45, 2.75) is 64.3 Å². The molecule has 5 rings (SSSR count). The van der Waals surface area contributed by atoms with Crippen molar-refractivity contribution in [2.24, 2.45) is 0 Å². The summed E-state index contributed by atoms with van der Waals surface area (Å²) in [5, 5.41) is 1.44. The van der Waals surface area contributed by atoms with Crippen molar-refractivity contribution >= 4 is 17.7 Å². The van der Waals surface area contributed by atoms with Crippen LogP contribution in [0, 0.1) is 5.82 Å². The van der Waals surface area contributed by atoms with Gasteiger partial charge in [0.15, 0.2) is 0 Å². The number of hydrogen-bond donors (Lipinski definition) is 1. The lowest BCUT2D eigenvalue weighted by Crippen LogP contribution is -2.52. The SMILES string of the molecule is [2H]C([2H])(Oc1cccc2c1C([2H])([2H])N(C1([2H])C(=O)NC(=O)C([2H])([2H])C1([2H])[2H])C2=O)c1cccc(C([2H])([2H])N2C([2H])([2H])C([2H])(C)OC([2H])(C)C2([2H])[2H])c1F. The van der Waals surface area contributed by atoms with Gasteiger partial charge in [-0.25, -0.2) is 4.39 Å². The fourth-order valence-corrected chi connectivity index (χ4v) is 3.48. The van der Waals surface area contributed by atoms with Crippen LogP contribution < -0.4 is 10.1 Å². The molecule has 36 heavy (non-hydrogen) atoms. The van der Waals surface area contributed by atoms with Gasteiger partial charge in [0.1, 0.15) is 24.1 Å². The highest BCUT2D eigenvalue weighted by molar-refractivity contribution is 6.05. The smallest absolute Gasteiger partial charge is 0.255 e. The molecule has 3 amide bonds. The van der Waals surface area contributed by atoms with E-state index in [4.69, 9.17) is 32.8 Å². The van der Waals surface area contributed by atoms with Crippen LogP contribution in [0.2, 0.25) is 0 Å². The predicted molar refractivity (Wildman–Crippen MR) is 129 cm³/mol. The maximum Gasteiger partial charge on any atom is 0.255 e. The first-order chi connectivity index (χ1) is 23.6. The summed E-state index contributed by atoms with van der Waals surface area (Å²) in [6.07, 6.45) is -13.2. The molecule has 2 saturated heterocycles. The number of amides is 3. The molecule has 0 aliphatic carbocycles. The van der Waals surface area contributed by atoms with E-state index < -0.39 is 115 Å². The number of hydrogen-bond acceptors (Lipinski definition) is 6. The molecule has 8 nitrogen and oxygen atoms in total. The number of benzene rings is 2. The molecule has 1 N–H and O–H groups in total. The number of rotatable bonds is 6. The van der Waals surface area contributed by atoms with Crippen LogP contribution in [0.4, 0.5) is 4.39 Å². The van der Waals surface area contributed by atoms with Gasteiger partial charge < -0.3 is 14.4 Å². The molecule has 3 aliphatic rings. The summed E-state index contributed by atoms with van der Waals surface area (Å²) < 4.78 is 171. The second-order valence-electron chi connectivity index (χ2n) is 7.57. The Morgan fingerprint density at radius 3 is 2.67 bits per heavy atom. The van der Waals surface area contributed by atoms with Gasteiger partial charge in [-0.05, 0) is 32.4 Å². The topological polar surface area (TPSA) is 88.2 Å². The number of nitrogens with zero attached hydrogens (tertiary/aromatic N) is 2. The Bertz CT molecular complexity index is 1920. The zero-order valence-corrected chi connectivity index (χ0v) is 18.8. The maximum atomic E-state index is 16.4. The largest absolute Gasteiger partial charge is 0.488 e. The summed E-state index contributed by atoms with van der Waals surface area (Å²) in [6, 6.07) is 1.37. The summed E-state index contributed by atoms with van der Waals surface area (Å²) in [7, 11) is 0. The lowest BCUT2D eigenvalue weighted by Gasteiger charge is -2.35. The van der Waals surface area contributed by atoms with Crippen molar-refractivity contribution in [3.05, 3.63) is 64.5 Å². The molecule has 9 heteroatoms. The van der Waals surface area contributed by atoms with E-state index in [2.05, 4.69) is 0 Å². The van der Waals surface area contributed by atoms with Crippen LogP contribution in [0.1, 0.15) is 76.9 Å². The van der Waals surface area contributed by atoms with Crippen molar-refractivity contribution in [3.8, 4) is 5.75 Å². The van der Waals surface area contributed by atoms with Crippen molar-refractivity contribution in [1.29, 1.82) is 0 Å². The molecule has 2 aromatic carbocycles. The Morgan fingerprint density at radius 2 is 1.89 bits per heavy atom. The van der Waals surface area contributed by atoms with E-state index in [9.17, 15) is 14.4 Å². The van der Waals surface area contributed by atoms with Crippen LogP contribution >= 0.6 is 0 Å². The number of morpholine rings is 1. The summed E-state index contributed by atoms with van der Waals surface area (Å²) >= 11 is 0. The van der Waals surface area contributed by atoms with E-state index in [1.165, 1.54) is 5.32 Å². The number of piperidine rings is 1. The van der Waals surface area contributed by atoms with Crippen LogP contribution in [-0.2, 0) is 33.9 Å². The lowest BCUT2D eigenvalue weighted by molar-refractivity contribution is -0.136. The second kappa shape index (κ2) is 9.99. The van der Waals surface area contributed by atoms with Gasteiger partial charge in [0.05, 0.1) is 28.3 Å². The molecule has 2 fully saturated rings. The first-order valence-corrected chi connectivity index (χ1v) is 10.4. The predicted octanol–water partition coefficient (Wildman–Crippen LogP) is 2.77. The van der Waals surface area contributed by atoms with Crippen LogP contribution in [0.3, 0.4) is 0 Å². The Morgan fingerprint density at radius 1 is 1.17 bits per heavy atom. The van der Waals surface area contributed by atoms with E-state index in [-0.39, 0.29) is 9.80 Å². The number of carbonyl (C=O) groups is 3. The van der Waals surface area contributed by atoms with Crippen LogP contribution in [0.5, 0.6) is 5.75 Å². The van der Waals surface area contributed by atoms with Gasteiger partial charge in [-0.1, -0.05) is 24.3 Å². The molecule has 3 aliphatic heterocycles. The molecule has 2 aromatic rings. The van der Waals surface area contributed by atoms with Crippen molar-refractivity contribution < 1.29 is 51.6 Å². The Kier molecular flexibility index (Phi) is 3.16. The summed E-state index contributed by atoms with van der Waals surface area (Å²) in [5.74, 6) is -7.94. The number of ether oxygens (including phenoxy) is 2. The maximum absolute atomic E-state index is 16.4. The molecule has 3 atom stereocenters. The third-order valence-electron chi connectivity index (χ3n) is 4.99. The fourth-order valence-electron chi connectivity index (χ4n) is 3.48. The molecule has 0 bridgehead atoms. The highest BCUT2D eigenvalue weighted by Crippen LogP contribution is 2.34. The standard InChI is InChI=1S/C27H30FN3O5/c1-16-11-30(12-17(2)36-16)13-18-5-3-6-19(25(18)28)15-35-23-8-4-7-20-21(23)14-31(27(20)34)22-9-10-24(32)29-26(22)33/h3-8,16-17,22H,9-15H2,1-2H3,(H,29,32,33)/i9D2,10D2,11D2,12D2,13D2,14D2,15D2,16D,17D,22D. The average Bonchev–Trinajstić information content (AvgIpc) is 3.19. The molecule has 0 saturated carbocycles. The number of halogens is 1. The summed E-state index contributed by atoms with van der Waals surface area (Å²) in [5.41, 5.74) is -3.98. The number of carbonyl (C=O) groups excluding carboxylic acids is 3. The zero-order valence-electron chi connectivity index (χ0n) is 35.8. The van der Waals surface area contributed by atoms with Crippen LogP contribution in [0.15, 0.2) is 36.4 Å². The molecule has 0 spiro atoms. The second-order valence-corrected chi connectivity index (χ2v) is 7.57. The molecular weight excluding hydrogens is 465 g/mol. The first-order valence-electron chi connectivity index (χ1n) is 18.9. The van der Waals surface area contributed by atoms with E-state index in [0.29, 0.717) is 0 Å². The third kappa shape index (κ3) is 4.85. The van der Waals surface area contributed by atoms with Gasteiger partial charge in [0.2, 0.25) is 11.8 Å². The number of fused-ring (bicyclic) bond motifs is 1. The monoisotopic (exact) mass is 512 g/mol. The Labute approximate surface area is 233 Å². The van der Waals surface area contributed by atoms with E-state index in [1.54, 1.807) is 0 Å². The Hall–Kier alpha value is -3.30. The number of nitrogens with one attached hydrogen (secondary N) is 1. The van der Waals surface area contributed by atoms with Crippen molar-refractivity contribution in [2.75, 3.05) is 13.0 Å².